The molecule has 30 heavy (non-hydrogen) atoms. The van der Waals surface area contributed by atoms with Crippen LogP contribution >= 0.6 is 0 Å². The maximum atomic E-state index is 12.7. The quantitative estimate of drug-likeness (QED) is 0.485. The summed E-state index contributed by atoms with van der Waals surface area (Å²) in [6.45, 7) is 0.663. The van der Waals surface area contributed by atoms with Crippen molar-refractivity contribution in [2.45, 2.75) is 37.8 Å². The summed E-state index contributed by atoms with van der Waals surface area (Å²) in [6.07, 6.45) is 7.16. The minimum absolute atomic E-state index is 0.00164. The van der Waals surface area contributed by atoms with Crippen LogP contribution in [0.4, 0.5) is 5.69 Å². The first-order valence-electron chi connectivity index (χ1n) is 9.96. The molecule has 1 unspecified atom stereocenters. The van der Waals surface area contributed by atoms with Crippen molar-refractivity contribution < 1.29 is 13.2 Å². The van der Waals surface area contributed by atoms with Gasteiger partial charge in [0, 0.05) is 36.5 Å². The molecule has 1 atom stereocenters. The standard InChI is InChI=1S/C20H24N6O3S/c21-9-16-12-22-19(25-16)20(27)26-18-7-6-14(15-10-23-30(28,29)24-11-15)8-17(18)13-4-2-1-3-5-13/h4,6-8,12,15,19,22-25H,1-3,5,10-11H2,(H,26,27). The molecule has 2 aliphatic heterocycles. The minimum Gasteiger partial charge on any atom is -0.361 e. The van der Waals surface area contributed by atoms with E-state index >= 15 is 0 Å². The van der Waals surface area contributed by atoms with Crippen LogP contribution in [-0.2, 0) is 15.0 Å². The predicted molar refractivity (Wildman–Crippen MR) is 113 cm³/mol. The van der Waals surface area contributed by atoms with Crippen LogP contribution in [0.15, 0.2) is 36.2 Å². The molecule has 1 amide bonds. The van der Waals surface area contributed by atoms with Gasteiger partial charge in [0.2, 0.25) is 0 Å². The second kappa shape index (κ2) is 8.47. The van der Waals surface area contributed by atoms with Gasteiger partial charge in [-0.25, -0.2) is 9.44 Å². The summed E-state index contributed by atoms with van der Waals surface area (Å²) >= 11 is 0. The lowest BCUT2D eigenvalue weighted by molar-refractivity contribution is -0.118. The Labute approximate surface area is 175 Å². The van der Waals surface area contributed by atoms with E-state index in [1.807, 2.05) is 24.3 Å². The summed E-state index contributed by atoms with van der Waals surface area (Å²) < 4.78 is 28.2. The number of hydrogen-bond donors (Lipinski definition) is 5. The molecule has 3 aliphatic rings. The summed E-state index contributed by atoms with van der Waals surface area (Å²) in [5.74, 6) is -0.282. The number of nitriles is 1. The third-order valence-corrected chi connectivity index (χ3v) is 6.62. The number of anilines is 1. The summed E-state index contributed by atoms with van der Waals surface area (Å²) in [4.78, 5) is 12.7. The minimum atomic E-state index is -3.40. The van der Waals surface area contributed by atoms with Gasteiger partial charge >= 0.3 is 0 Å². The molecule has 1 aromatic carbocycles. The van der Waals surface area contributed by atoms with Crippen molar-refractivity contribution in [1.82, 2.24) is 20.1 Å². The zero-order chi connectivity index (χ0) is 21.1. The van der Waals surface area contributed by atoms with Crippen LogP contribution in [0.25, 0.3) is 5.57 Å². The predicted octanol–water partition coefficient (Wildman–Crippen LogP) is 0.988. The SMILES string of the molecule is N#CC1=CNC(C(=O)Nc2ccc(C3CNS(=O)(=O)NC3)cc2C2=CCCCC2)N1. The molecule has 9 nitrogen and oxygen atoms in total. The van der Waals surface area contributed by atoms with E-state index in [0.717, 1.165) is 36.8 Å². The van der Waals surface area contributed by atoms with Crippen molar-refractivity contribution in [2.75, 3.05) is 18.4 Å². The van der Waals surface area contributed by atoms with Crippen LogP contribution in [0.1, 0.15) is 42.7 Å². The molecule has 10 heteroatoms. The third-order valence-electron chi connectivity index (χ3n) is 5.53. The summed E-state index contributed by atoms with van der Waals surface area (Å²) in [6, 6.07) is 7.81. The Morgan fingerprint density at radius 2 is 2.00 bits per heavy atom. The monoisotopic (exact) mass is 428 g/mol. The van der Waals surface area contributed by atoms with Gasteiger partial charge in [-0.05, 0) is 49.0 Å². The number of allylic oxidation sites excluding steroid dienone is 3. The first kappa shape index (κ1) is 20.4. The Kier molecular flexibility index (Phi) is 5.76. The van der Waals surface area contributed by atoms with Gasteiger partial charge in [-0.15, -0.1) is 0 Å². The lowest BCUT2D eigenvalue weighted by Gasteiger charge is -2.26. The van der Waals surface area contributed by atoms with E-state index < -0.39 is 16.4 Å². The van der Waals surface area contributed by atoms with Crippen LogP contribution < -0.4 is 25.4 Å². The molecule has 0 spiro atoms. The Balaban J connectivity index is 1.58. The van der Waals surface area contributed by atoms with E-state index in [0.29, 0.717) is 24.5 Å². The zero-order valence-corrected chi connectivity index (χ0v) is 17.2. The van der Waals surface area contributed by atoms with Gasteiger partial charge in [-0.2, -0.15) is 13.7 Å². The normalized spacial score (nSPS) is 23.4. The molecule has 0 radical (unpaired) electrons. The number of hydrogen-bond acceptors (Lipinski definition) is 6. The van der Waals surface area contributed by atoms with Crippen molar-refractivity contribution >= 4 is 27.4 Å². The summed E-state index contributed by atoms with van der Waals surface area (Å²) in [7, 11) is -3.40. The molecule has 0 aromatic heterocycles. The molecule has 5 N–H and O–H groups in total. The van der Waals surface area contributed by atoms with Crippen molar-refractivity contribution in [3.8, 4) is 6.07 Å². The zero-order valence-electron chi connectivity index (χ0n) is 16.4. The lowest BCUT2D eigenvalue weighted by Crippen LogP contribution is -2.47. The molecule has 4 rings (SSSR count). The first-order valence-corrected chi connectivity index (χ1v) is 11.4. The topological polar surface area (TPSA) is 135 Å². The molecule has 1 saturated heterocycles. The van der Waals surface area contributed by atoms with Crippen molar-refractivity contribution in [3.05, 3.63) is 47.3 Å². The van der Waals surface area contributed by atoms with Crippen LogP contribution in [0.3, 0.4) is 0 Å². The highest BCUT2D eigenvalue weighted by Crippen LogP contribution is 2.34. The number of carbonyl (C=O) groups excluding carboxylic acids is 1. The molecule has 1 aromatic rings. The third kappa shape index (κ3) is 4.48. The van der Waals surface area contributed by atoms with E-state index in [-0.39, 0.29) is 11.8 Å². The average Bonchev–Trinajstić information content (AvgIpc) is 3.24. The van der Waals surface area contributed by atoms with Gasteiger partial charge in [-0.1, -0.05) is 12.1 Å². The number of amides is 1. The first-order chi connectivity index (χ1) is 14.4. The maximum absolute atomic E-state index is 12.7. The van der Waals surface area contributed by atoms with Gasteiger partial charge in [0.05, 0.1) is 0 Å². The Morgan fingerprint density at radius 1 is 1.20 bits per heavy atom. The molecule has 0 bridgehead atoms. The van der Waals surface area contributed by atoms with Crippen LogP contribution in [0.2, 0.25) is 0 Å². The van der Waals surface area contributed by atoms with Gasteiger partial charge in [0.25, 0.3) is 16.1 Å². The number of rotatable bonds is 4. The molecule has 2 heterocycles. The second-order valence-corrected chi connectivity index (χ2v) is 9.16. The Morgan fingerprint density at radius 3 is 2.67 bits per heavy atom. The van der Waals surface area contributed by atoms with Gasteiger partial charge in [0.15, 0.2) is 6.17 Å². The van der Waals surface area contributed by atoms with E-state index in [2.05, 4.69) is 31.5 Å². The van der Waals surface area contributed by atoms with Crippen molar-refractivity contribution in [3.63, 3.8) is 0 Å². The fraction of sp³-hybridized carbons (Fsp3) is 0.400. The lowest BCUT2D eigenvalue weighted by atomic mass is 9.89. The van der Waals surface area contributed by atoms with Crippen LogP contribution in [0.5, 0.6) is 0 Å². The Hall–Kier alpha value is -2.87. The number of carbonyl (C=O) groups is 1. The fourth-order valence-electron chi connectivity index (χ4n) is 3.87. The van der Waals surface area contributed by atoms with Crippen molar-refractivity contribution in [2.24, 2.45) is 0 Å². The number of nitrogens with zero attached hydrogens (tertiary/aromatic N) is 1. The van der Waals surface area contributed by atoms with E-state index in [1.165, 1.54) is 11.8 Å². The van der Waals surface area contributed by atoms with E-state index in [1.54, 1.807) is 0 Å². The highest BCUT2D eigenvalue weighted by molar-refractivity contribution is 7.87. The van der Waals surface area contributed by atoms with Gasteiger partial charge < -0.3 is 16.0 Å². The molecular weight excluding hydrogens is 404 g/mol. The second-order valence-electron chi connectivity index (χ2n) is 7.58. The number of nitrogens with one attached hydrogen (secondary N) is 5. The van der Waals surface area contributed by atoms with Crippen molar-refractivity contribution in [1.29, 1.82) is 5.26 Å². The molecule has 1 aliphatic carbocycles. The summed E-state index contributed by atoms with van der Waals surface area (Å²) in [5.41, 5.74) is 4.17. The molecule has 1 fully saturated rings. The Bertz CT molecular complexity index is 1040. The van der Waals surface area contributed by atoms with Gasteiger partial charge in [-0.3, -0.25) is 4.79 Å². The van der Waals surface area contributed by atoms with E-state index in [9.17, 15) is 13.2 Å². The molecule has 0 saturated carbocycles. The summed E-state index contributed by atoms with van der Waals surface area (Å²) in [5, 5.41) is 17.6. The average molecular weight is 429 g/mol. The maximum Gasteiger partial charge on any atom is 0.276 e. The largest absolute Gasteiger partial charge is 0.361 e. The van der Waals surface area contributed by atoms with Crippen LogP contribution in [0, 0.1) is 11.3 Å². The molecular formula is C20H24N6O3S. The highest BCUT2D eigenvalue weighted by atomic mass is 32.2. The van der Waals surface area contributed by atoms with E-state index in [4.69, 9.17) is 5.26 Å². The van der Waals surface area contributed by atoms with Gasteiger partial charge in [0.1, 0.15) is 11.8 Å². The highest BCUT2D eigenvalue weighted by Gasteiger charge is 2.26. The van der Waals surface area contributed by atoms with Crippen LogP contribution in [-0.4, -0.2) is 33.6 Å². The molecule has 158 valence electrons. The smallest absolute Gasteiger partial charge is 0.276 e. The fourth-order valence-corrected chi connectivity index (χ4v) is 4.81. The number of benzene rings is 1.